The van der Waals surface area contributed by atoms with Crippen molar-refractivity contribution in [2.45, 2.75) is 12.8 Å². The summed E-state index contributed by atoms with van der Waals surface area (Å²) < 4.78 is 24.5. The van der Waals surface area contributed by atoms with Crippen molar-refractivity contribution in [2.24, 2.45) is 0 Å². The van der Waals surface area contributed by atoms with Gasteiger partial charge in [-0.25, -0.2) is 13.6 Å². The third-order valence-electron chi connectivity index (χ3n) is 2.12. The summed E-state index contributed by atoms with van der Waals surface area (Å²) in [6.07, 6.45) is -2.88. The number of carbonyl (C=O) groups is 1. The summed E-state index contributed by atoms with van der Waals surface area (Å²) in [4.78, 5) is 10.1. The Morgan fingerprint density at radius 3 is 2.41 bits per heavy atom. The molecule has 6 heteroatoms. The van der Waals surface area contributed by atoms with Gasteiger partial charge in [-0.3, -0.25) is 0 Å². The van der Waals surface area contributed by atoms with E-state index >= 15 is 0 Å². The highest BCUT2D eigenvalue weighted by molar-refractivity contribution is 5.64. The molecule has 0 spiro atoms. The molecule has 0 saturated heterocycles. The van der Waals surface area contributed by atoms with E-state index in [1.54, 1.807) is 12.1 Å². The van der Waals surface area contributed by atoms with Crippen LogP contribution in [0.5, 0.6) is 0 Å². The van der Waals surface area contributed by atoms with E-state index in [9.17, 15) is 13.6 Å². The Morgan fingerprint density at radius 2 is 1.88 bits per heavy atom. The van der Waals surface area contributed by atoms with Gasteiger partial charge in [-0.2, -0.15) is 0 Å². The van der Waals surface area contributed by atoms with Crippen LogP contribution >= 0.6 is 0 Å². The average molecular weight is 244 g/mol. The molecule has 0 unspecified atom stereocenters. The third kappa shape index (κ3) is 5.14. The Bertz CT molecular complexity index is 355. The molecular weight excluding hydrogens is 230 g/mol. The van der Waals surface area contributed by atoms with E-state index in [0.717, 1.165) is 5.69 Å². The number of benzene rings is 1. The lowest BCUT2D eigenvalue weighted by Crippen LogP contribution is -2.23. The van der Waals surface area contributed by atoms with Crippen molar-refractivity contribution in [2.75, 3.05) is 18.4 Å². The molecule has 0 aliphatic rings. The molecule has 1 aromatic carbocycles. The normalized spacial score (nSPS) is 10.3. The summed E-state index contributed by atoms with van der Waals surface area (Å²) in [5.74, 6) is 0. The quantitative estimate of drug-likeness (QED) is 0.674. The highest BCUT2D eigenvalue weighted by Crippen LogP contribution is 2.20. The van der Waals surface area contributed by atoms with Crippen LogP contribution in [0.4, 0.5) is 19.3 Å². The summed E-state index contributed by atoms with van der Waals surface area (Å²) in [5, 5.41) is 13.5. The van der Waals surface area contributed by atoms with Gasteiger partial charge in [-0.05, 0) is 18.6 Å². The summed E-state index contributed by atoms with van der Waals surface area (Å²) >= 11 is 0. The highest BCUT2D eigenvalue weighted by atomic mass is 19.3. The van der Waals surface area contributed by atoms with Gasteiger partial charge in [-0.1, -0.05) is 12.1 Å². The monoisotopic (exact) mass is 244 g/mol. The Kier molecular flexibility index (Phi) is 5.19. The van der Waals surface area contributed by atoms with Gasteiger partial charge in [0.1, 0.15) is 0 Å². The molecule has 0 atom stereocenters. The number of anilines is 1. The van der Waals surface area contributed by atoms with E-state index in [2.05, 4.69) is 10.6 Å². The molecule has 1 rings (SSSR count). The molecule has 1 amide bonds. The van der Waals surface area contributed by atoms with Crippen molar-refractivity contribution in [3.8, 4) is 0 Å². The standard InChI is InChI=1S/C11H14F2N2O2/c12-10(13)8-2-4-9(5-3-8)14-6-1-7-15-11(16)17/h2-5,10,14-15H,1,6-7H2,(H,16,17). The minimum absolute atomic E-state index is 0.0110. The van der Waals surface area contributed by atoms with E-state index in [1.165, 1.54) is 12.1 Å². The fraction of sp³-hybridized carbons (Fsp3) is 0.364. The molecule has 0 heterocycles. The van der Waals surface area contributed by atoms with Crippen LogP contribution in [0.15, 0.2) is 24.3 Å². The van der Waals surface area contributed by atoms with Crippen LogP contribution in [0.2, 0.25) is 0 Å². The second-order valence-electron chi connectivity index (χ2n) is 3.43. The first-order valence-electron chi connectivity index (χ1n) is 5.18. The lowest BCUT2D eigenvalue weighted by atomic mass is 10.2. The average Bonchev–Trinajstić information content (AvgIpc) is 2.29. The van der Waals surface area contributed by atoms with Crippen molar-refractivity contribution in [1.82, 2.24) is 5.32 Å². The van der Waals surface area contributed by atoms with Crippen LogP contribution in [-0.2, 0) is 0 Å². The zero-order valence-corrected chi connectivity index (χ0v) is 9.12. The summed E-state index contributed by atoms with van der Waals surface area (Å²) in [6, 6.07) is 5.88. The van der Waals surface area contributed by atoms with Crippen LogP contribution in [0.3, 0.4) is 0 Å². The molecule has 0 radical (unpaired) electrons. The zero-order valence-electron chi connectivity index (χ0n) is 9.12. The van der Waals surface area contributed by atoms with Crippen molar-refractivity contribution < 1.29 is 18.7 Å². The van der Waals surface area contributed by atoms with Gasteiger partial charge in [-0.15, -0.1) is 0 Å². The number of carboxylic acid groups (broad SMARTS) is 1. The fourth-order valence-electron chi connectivity index (χ4n) is 1.26. The lowest BCUT2D eigenvalue weighted by molar-refractivity contribution is 0.151. The van der Waals surface area contributed by atoms with Crippen molar-refractivity contribution in [1.29, 1.82) is 0 Å². The number of hydrogen-bond acceptors (Lipinski definition) is 2. The van der Waals surface area contributed by atoms with Gasteiger partial charge in [0.05, 0.1) is 0 Å². The van der Waals surface area contributed by atoms with Crippen LogP contribution in [0.1, 0.15) is 18.4 Å². The van der Waals surface area contributed by atoms with E-state index < -0.39 is 12.5 Å². The summed E-state index contributed by atoms with van der Waals surface area (Å²) in [7, 11) is 0. The number of amides is 1. The van der Waals surface area contributed by atoms with Gasteiger partial charge in [0.2, 0.25) is 0 Å². The first-order chi connectivity index (χ1) is 8.09. The number of halogens is 2. The minimum atomic E-state index is -2.45. The topological polar surface area (TPSA) is 61.4 Å². The molecule has 4 nitrogen and oxygen atoms in total. The minimum Gasteiger partial charge on any atom is -0.465 e. The Hall–Kier alpha value is -1.85. The maximum Gasteiger partial charge on any atom is 0.404 e. The maximum atomic E-state index is 12.2. The number of hydrogen-bond donors (Lipinski definition) is 3. The van der Waals surface area contributed by atoms with Crippen molar-refractivity contribution in [3.05, 3.63) is 29.8 Å². The molecule has 3 N–H and O–H groups in total. The van der Waals surface area contributed by atoms with E-state index in [1.807, 2.05) is 0 Å². The predicted octanol–water partition coefficient (Wildman–Crippen LogP) is 2.69. The third-order valence-corrected chi connectivity index (χ3v) is 2.12. The van der Waals surface area contributed by atoms with Crippen LogP contribution in [-0.4, -0.2) is 24.3 Å². The molecule has 0 aliphatic heterocycles. The molecule has 0 saturated carbocycles. The second-order valence-corrected chi connectivity index (χ2v) is 3.43. The summed E-state index contributed by atoms with van der Waals surface area (Å²) in [5.41, 5.74) is 0.729. The largest absolute Gasteiger partial charge is 0.465 e. The smallest absolute Gasteiger partial charge is 0.404 e. The van der Waals surface area contributed by atoms with Gasteiger partial charge in [0, 0.05) is 24.3 Å². The van der Waals surface area contributed by atoms with Crippen molar-refractivity contribution in [3.63, 3.8) is 0 Å². The molecular formula is C11H14F2N2O2. The molecule has 1 aromatic rings. The Balaban J connectivity index is 2.25. The number of nitrogens with one attached hydrogen (secondary N) is 2. The molecule has 0 aromatic heterocycles. The van der Waals surface area contributed by atoms with Gasteiger partial charge >= 0.3 is 6.09 Å². The van der Waals surface area contributed by atoms with Gasteiger partial charge < -0.3 is 15.7 Å². The van der Waals surface area contributed by atoms with Crippen LogP contribution < -0.4 is 10.6 Å². The zero-order chi connectivity index (χ0) is 12.7. The highest BCUT2D eigenvalue weighted by Gasteiger charge is 2.05. The van der Waals surface area contributed by atoms with Crippen molar-refractivity contribution >= 4 is 11.8 Å². The predicted molar refractivity (Wildman–Crippen MR) is 60.5 cm³/mol. The second kappa shape index (κ2) is 6.67. The molecule has 0 fully saturated rings. The van der Waals surface area contributed by atoms with Crippen LogP contribution in [0.25, 0.3) is 0 Å². The van der Waals surface area contributed by atoms with E-state index in [0.29, 0.717) is 19.5 Å². The first kappa shape index (κ1) is 13.2. The Morgan fingerprint density at radius 1 is 1.24 bits per heavy atom. The SMILES string of the molecule is O=C(O)NCCCNc1ccc(C(F)F)cc1. The first-order valence-corrected chi connectivity index (χ1v) is 5.18. The fourth-order valence-corrected chi connectivity index (χ4v) is 1.26. The Labute approximate surface area is 97.6 Å². The van der Waals surface area contributed by atoms with Gasteiger partial charge in [0.15, 0.2) is 0 Å². The van der Waals surface area contributed by atoms with Gasteiger partial charge in [0.25, 0.3) is 6.43 Å². The van der Waals surface area contributed by atoms with E-state index in [-0.39, 0.29) is 5.56 Å². The molecule has 94 valence electrons. The van der Waals surface area contributed by atoms with E-state index in [4.69, 9.17) is 5.11 Å². The molecule has 0 aliphatic carbocycles. The number of alkyl halides is 2. The lowest BCUT2D eigenvalue weighted by Gasteiger charge is -2.07. The molecule has 17 heavy (non-hydrogen) atoms. The van der Waals surface area contributed by atoms with Crippen LogP contribution in [0, 0.1) is 0 Å². The number of rotatable bonds is 6. The summed E-state index contributed by atoms with van der Waals surface area (Å²) in [6.45, 7) is 0.936. The maximum absolute atomic E-state index is 12.2. The molecule has 0 bridgehead atoms.